The van der Waals surface area contributed by atoms with Gasteiger partial charge in [-0.25, -0.2) is 0 Å². The first kappa shape index (κ1) is 15.3. The molecule has 100 valence electrons. The molecule has 4 nitrogen and oxygen atoms in total. The second-order valence-corrected chi connectivity index (χ2v) is 5.73. The average molecular weight is 272 g/mol. The lowest BCUT2D eigenvalue weighted by molar-refractivity contribution is -0.0982. The molecule has 0 fully saturated rings. The first-order chi connectivity index (χ1) is 8.04. The average Bonchev–Trinajstić information content (AvgIpc) is 2.19. The van der Waals surface area contributed by atoms with Crippen LogP contribution in [0, 0.1) is 0 Å². The van der Waals surface area contributed by atoms with Gasteiger partial charge in [-0.05, 0) is 45.3 Å². The summed E-state index contributed by atoms with van der Waals surface area (Å²) in [6, 6.07) is 4.77. The molecule has 0 saturated carbocycles. The molecule has 4 N–H and O–H groups in total. The number of anilines is 1. The molecule has 0 aliphatic rings. The maximum absolute atomic E-state index is 10.0. The summed E-state index contributed by atoms with van der Waals surface area (Å²) >= 11 is 5.88. The fourth-order valence-electron chi connectivity index (χ4n) is 1.19. The Morgan fingerprint density at radius 2 is 1.83 bits per heavy atom. The predicted octanol–water partition coefficient (Wildman–Crippen LogP) is 1.18. The molecule has 1 rings (SSSR count). The Morgan fingerprint density at radius 1 is 1.28 bits per heavy atom. The molecule has 6 heteroatoms. The first-order valence-corrected chi connectivity index (χ1v) is 6.05. The number of aliphatic hydroxyl groups is 1. The zero-order valence-corrected chi connectivity index (χ0v) is 11.8. The van der Waals surface area contributed by atoms with Gasteiger partial charge in [0, 0.05) is 0 Å². The quantitative estimate of drug-likeness (QED) is 0.568. The van der Waals surface area contributed by atoms with E-state index in [0.717, 1.165) is 0 Å². The summed E-state index contributed by atoms with van der Waals surface area (Å²) in [5.41, 5.74) is 4.51. The van der Waals surface area contributed by atoms with Gasteiger partial charge in [0.05, 0.1) is 21.9 Å². The van der Waals surface area contributed by atoms with Gasteiger partial charge in [-0.15, -0.1) is 0 Å². The molecular weight excluding hydrogens is 252 g/mol. The summed E-state index contributed by atoms with van der Waals surface area (Å²) in [6.07, 6.45) is 0. The van der Waals surface area contributed by atoms with E-state index in [1.165, 1.54) is 0 Å². The van der Waals surface area contributed by atoms with Gasteiger partial charge in [0.2, 0.25) is 0 Å². The highest BCUT2D eigenvalue weighted by Gasteiger charge is 2.39. The van der Waals surface area contributed by atoms with Crippen LogP contribution >= 0.6 is 11.6 Å². The van der Waals surface area contributed by atoms with Crippen LogP contribution in [0.4, 0.5) is 5.69 Å². The smallest absolute Gasteiger partial charge is 0.423 e. The SMILES string of the molecule is CC(C)(O)C(C)(C)OB(O)c1ccc(N)c(Cl)c1. The molecule has 0 atom stereocenters. The highest BCUT2D eigenvalue weighted by atomic mass is 35.5. The monoisotopic (exact) mass is 271 g/mol. The summed E-state index contributed by atoms with van der Waals surface area (Å²) in [5, 5.41) is 20.3. The summed E-state index contributed by atoms with van der Waals surface area (Å²) < 4.78 is 5.49. The van der Waals surface area contributed by atoms with E-state index in [1.54, 1.807) is 45.9 Å². The number of nitrogens with two attached hydrogens (primary N) is 1. The first-order valence-electron chi connectivity index (χ1n) is 5.68. The van der Waals surface area contributed by atoms with Crippen molar-refractivity contribution in [1.82, 2.24) is 0 Å². The van der Waals surface area contributed by atoms with Crippen LogP contribution in [0.2, 0.25) is 5.02 Å². The van der Waals surface area contributed by atoms with Gasteiger partial charge in [-0.2, -0.15) is 0 Å². The fraction of sp³-hybridized carbons (Fsp3) is 0.500. The largest absolute Gasteiger partial charge is 0.491 e. The van der Waals surface area contributed by atoms with Crippen molar-refractivity contribution in [2.45, 2.75) is 38.9 Å². The van der Waals surface area contributed by atoms with E-state index in [2.05, 4.69) is 0 Å². The van der Waals surface area contributed by atoms with E-state index in [9.17, 15) is 10.1 Å². The second kappa shape index (κ2) is 5.09. The van der Waals surface area contributed by atoms with Crippen LogP contribution in [-0.4, -0.2) is 28.5 Å². The van der Waals surface area contributed by atoms with Crippen molar-refractivity contribution in [3.8, 4) is 0 Å². The Hall–Kier alpha value is -0.745. The summed E-state index contributed by atoms with van der Waals surface area (Å²) in [6.45, 7) is 6.65. The molecule has 0 bridgehead atoms. The molecule has 0 aromatic heterocycles. The van der Waals surface area contributed by atoms with Crippen molar-refractivity contribution in [2.24, 2.45) is 0 Å². The van der Waals surface area contributed by atoms with E-state index in [1.807, 2.05) is 0 Å². The summed E-state index contributed by atoms with van der Waals surface area (Å²) in [4.78, 5) is 0. The molecule has 0 aliphatic carbocycles. The molecule has 0 spiro atoms. The molecule has 0 saturated heterocycles. The lowest BCUT2D eigenvalue weighted by Gasteiger charge is -2.38. The Kier molecular flexibility index (Phi) is 4.33. The summed E-state index contributed by atoms with van der Waals surface area (Å²) in [5.74, 6) is 0. The highest BCUT2D eigenvalue weighted by Crippen LogP contribution is 2.25. The van der Waals surface area contributed by atoms with Crippen molar-refractivity contribution in [2.75, 3.05) is 5.73 Å². The Bertz CT molecular complexity index is 432. The summed E-state index contributed by atoms with van der Waals surface area (Å²) in [7, 11) is -1.18. The van der Waals surface area contributed by atoms with Crippen LogP contribution < -0.4 is 11.2 Å². The van der Waals surface area contributed by atoms with Crippen molar-refractivity contribution >= 4 is 29.9 Å². The zero-order valence-electron chi connectivity index (χ0n) is 11.1. The maximum atomic E-state index is 10.0. The molecule has 0 radical (unpaired) electrons. The molecule has 0 amide bonds. The molecule has 0 heterocycles. The third-order valence-electron chi connectivity index (χ3n) is 3.19. The minimum atomic E-state index is -1.18. The molecular formula is C12H19BClNO3. The lowest BCUT2D eigenvalue weighted by atomic mass is 9.76. The van der Waals surface area contributed by atoms with Gasteiger partial charge >= 0.3 is 7.12 Å². The number of nitrogen functional groups attached to an aromatic ring is 1. The third-order valence-corrected chi connectivity index (χ3v) is 3.52. The molecule has 18 heavy (non-hydrogen) atoms. The van der Waals surface area contributed by atoms with Gasteiger partial charge < -0.3 is 20.5 Å². The molecule has 0 unspecified atom stereocenters. The topological polar surface area (TPSA) is 75.7 Å². The van der Waals surface area contributed by atoms with Gasteiger partial charge in [0.15, 0.2) is 0 Å². The van der Waals surface area contributed by atoms with Gasteiger partial charge in [-0.3, -0.25) is 0 Å². The van der Waals surface area contributed by atoms with Crippen molar-refractivity contribution in [3.05, 3.63) is 23.2 Å². The number of hydrogen-bond acceptors (Lipinski definition) is 4. The Morgan fingerprint density at radius 3 is 2.28 bits per heavy atom. The van der Waals surface area contributed by atoms with Gasteiger partial charge in [0.25, 0.3) is 0 Å². The highest BCUT2D eigenvalue weighted by molar-refractivity contribution is 6.60. The lowest BCUT2D eigenvalue weighted by Crippen LogP contribution is -2.53. The third kappa shape index (κ3) is 3.39. The van der Waals surface area contributed by atoms with Crippen molar-refractivity contribution < 1.29 is 14.8 Å². The van der Waals surface area contributed by atoms with Crippen molar-refractivity contribution in [3.63, 3.8) is 0 Å². The molecule has 1 aromatic carbocycles. The normalized spacial score (nSPS) is 12.6. The second-order valence-electron chi connectivity index (χ2n) is 5.32. The zero-order chi connectivity index (χ0) is 14.1. The van der Waals surface area contributed by atoms with Crippen molar-refractivity contribution in [1.29, 1.82) is 0 Å². The standard InChI is InChI=1S/C12H19BClNO3/c1-11(2,16)12(3,4)18-13(17)8-5-6-10(15)9(14)7-8/h5-7,16-17H,15H2,1-4H3. The van der Waals surface area contributed by atoms with Crippen LogP contribution in [0.1, 0.15) is 27.7 Å². The van der Waals surface area contributed by atoms with E-state index in [4.69, 9.17) is 22.0 Å². The number of hydrogen-bond donors (Lipinski definition) is 3. The number of rotatable bonds is 4. The van der Waals surface area contributed by atoms with Crippen LogP contribution in [0.15, 0.2) is 18.2 Å². The number of halogens is 1. The van der Waals surface area contributed by atoms with E-state index >= 15 is 0 Å². The van der Waals surface area contributed by atoms with E-state index in [-0.39, 0.29) is 0 Å². The van der Waals surface area contributed by atoms with Crippen LogP contribution in [0.5, 0.6) is 0 Å². The molecule has 0 aliphatic heterocycles. The predicted molar refractivity (Wildman–Crippen MR) is 74.9 cm³/mol. The minimum Gasteiger partial charge on any atom is -0.423 e. The Balaban J connectivity index is 2.89. The van der Waals surface area contributed by atoms with Crippen LogP contribution in [0.3, 0.4) is 0 Å². The van der Waals surface area contributed by atoms with E-state index in [0.29, 0.717) is 16.2 Å². The van der Waals surface area contributed by atoms with Gasteiger partial charge in [-0.1, -0.05) is 17.7 Å². The van der Waals surface area contributed by atoms with Crippen LogP contribution in [-0.2, 0) is 4.65 Å². The number of benzene rings is 1. The minimum absolute atomic E-state index is 0.358. The van der Waals surface area contributed by atoms with Gasteiger partial charge in [0.1, 0.15) is 0 Å². The van der Waals surface area contributed by atoms with Crippen LogP contribution in [0.25, 0.3) is 0 Å². The Labute approximate surface area is 113 Å². The molecule has 1 aromatic rings. The maximum Gasteiger partial charge on any atom is 0.491 e. The van der Waals surface area contributed by atoms with E-state index < -0.39 is 18.3 Å². The fourth-order valence-corrected chi connectivity index (χ4v) is 1.38.